The number of pyridine rings is 1. The fraction of sp³-hybridized carbons (Fsp3) is 0.214. The molecule has 0 aromatic carbocycles. The van der Waals surface area contributed by atoms with Gasteiger partial charge in [0.15, 0.2) is 5.65 Å². The van der Waals surface area contributed by atoms with Crippen molar-refractivity contribution in [2.75, 3.05) is 6.54 Å². The van der Waals surface area contributed by atoms with Crippen LogP contribution in [0.5, 0.6) is 0 Å². The van der Waals surface area contributed by atoms with Gasteiger partial charge in [-0.15, -0.1) is 5.10 Å². The van der Waals surface area contributed by atoms with Crippen molar-refractivity contribution in [2.24, 2.45) is 0 Å². The van der Waals surface area contributed by atoms with Crippen molar-refractivity contribution in [3.05, 3.63) is 57.3 Å². The molecule has 0 unspecified atom stereocenters. The lowest BCUT2D eigenvalue weighted by Crippen LogP contribution is -2.27. The molecule has 0 bridgehead atoms. The number of nitrogens with one attached hydrogen (secondary N) is 2. The lowest BCUT2D eigenvalue weighted by molar-refractivity contribution is 0.0948. The Kier molecular flexibility index (Phi) is 4.10. The van der Waals surface area contributed by atoms with Gasteiger partial charge in [0.1, 0.15) is 5.69 Å². The van der Waals surface area contributed by atoms with Crippen molar-refractivity contribution in [3.63, 3.8) is 0 Å². The number of nitrogens with zero attached hydrogens (tertiary/aromatic N) is 3. The number of hydrogen-bond acceptors (Lipinski definition) is 3. The average molecular weight is 364 g/mol. The van der Waals surface area contributed by atoms with Gasteiger partial charge in [-0.3, -0.25) is 9.20 Å². The minimum atomic E-state index is -0.173. The van der Waals surface area contributed by atoms with Gasteiger partial charge >= 0.3 is 5.69 Å². The van der Waals surface area contributed by atoms with Gasteiger partial charge in [0.2, 0.25) is 0 Å². The third-order valence-electron chi connectivity index (χ3n) is 3.21. The molecule has 0 fully saturated rings. The summed E-state index contributed by atoms with van der Waals surface area (Å²) in [4.78, 5) is 26.7. The van der Waals surface area contributed by atoms with Crippen LogP contribution < -0.4 is 11.0 Å². The number of aromatic nitrogens is 4. The number of aryl methyl sites for hydroxylation is 1. The first-order chi connectivity index (χ1) is 10.6. The average Bonchev–Trinajstić information content (AvgIpc) is 3.08. The van der Waals surface area contributed by atoms with Gasteiger partial charge in [-0.2, -0.15) is 0 Å². The monoisotopic (exact) mass is 363 g/mol. The number of amides is 1. The van der Waals surface area contributed by atoms with Crippen molar-refractivity contribution in [3.8, 4) is 0 Å². The number of rotatable bonds is 5. The highest BCUT2D eigenvalue weighted by atomic mass is 79.9. The summed E-state index contributed by atoms with van der Waals surface area (Å²) in [5, 5.41) is 7.03. The van der Waals surface area contributed by atoms with E-state index in [1.54, 1.807) is 30.6 Å². The quantitative estimate of drug-likeness (QED) is 0.672. The lowest BCUT2D eigenvalue weighted by atomic mass is 10.3. The molecule has 0 aliphatic rings. The van der Waals surface area contributed by atoms with Gasteiger partial charge in [0, 0.05) is 30.0 Å². The number of aromatic amines is 1. The summed E-state index contributed by atoms with van der Waals surface area (Å²) in [5.41, 5.74) is 0.944. The molecule has 1 amide bonds. The summed E-state index contributed by atoms with van der Waals surface area (Å²) in [7, 11) is 0. The minimum Gasteiger partial charge on any atom is -0.356 e. The summed E-state index contributed by atoms with van der Waals surface area (Å²) in [6, 6.07) is 7.11. The van der Waals surface area contributed by atoms with Crippen LogP contribution in [0.15, 0.2) is 45.9 Å². The molecule has 8 heteroatoms. The van der Waals surface area contributed by atoms with Crippen LogP contribution in [0.25, 0.3) is 5.65 Å². The van der Waals surface area contributed by atoms with Gasteiger partial charge < -0.3 is 10.3 Å². The van der Waals surface area contributed by atoms with Crippen LogP contribution in [-0.2, 0) is 6.54 Å². The van der Waals surface area contributed by atoms with Crippen molar-refractivity contribution >= 4 is 27.5 Å². The molecule has 0 atom stereocenters. The Hall–Kier alpha value is -2.35. The van der Waals surface area contributed by atoms with Gasteiger partial charge in [0.25, 0.3) is 5.91 Å². The molecule has 114 valence electrons. The fourth-order valence-electron chi connectivity index (χ4n) is 2.14. The molecule has 3 aromatic heterocycles. The second-order valence-electron chi connectivity index (χ2n) is 4.78. The van der Waals surface area contributed by atoms with E-state index in [-0.39, 0.29) is 11.6 Å². The Morgan fingerprint density at radius 1 is 1.41 bits per heavy atom. The highest BCUT2D eigenvalue weighted by molar-refractivity contribution is 9.10. The van der Waals surface area contributed by atoms with Gasteiger partial charge in [-0.05, 0) is 40.5 Å². The maximum atomic E-state index is 12.0. The maximum absolute atomic E-state index is 12.0. The van der Waals surface area contributed by atoms with Gasteiger partial charge in [-0.25, -0.2) is 9.48 Å². The molecule has 0 radical (unpaired) electrons. The number of fused-ring (bicyclic) bond motifs is 1. The second-order valence-corrected chi connectivity index (χ2v) is 5.69. The number of halogens is 1. The molecule has 0 aliphatic heterocycles. The summed E-state index contributed by atoms with van der Waals surface area (Å²) in [6.45, 7) is 0.922. The molecular weight excluding hydrogens is 350 g/mol. The molecule has 3 heterocycles. The summed E-state index contributed by atoms with van der Waals surface area (Å²) in [5.74, 6) is -0.173. The molecule has 0 saturated heterocycles. The SMILES string of the molecule is O=C(NCCCn1nc2ccccn2c1=O)c1cc(Br)c[nH]1. The van der Waals surface area contributed by atoms with Gasteiger partial charge in [0.05, 0.1) is 0 Å². The molecular formula is C14H14BrN5O2. The fourth-order valence-corrected chi connectivity index (χ4v) is 2.48. The van der Waals surface area contributed by atoms with E-state index in [9.17, 15) is 9.59 Å². The first-order valence-electron chi connectivity index (χ1n) is 6.81. The predicted octanol–water partition coefficient (Wildman–Crippen LogP) is 1.41. The van der Waals surface area contributed by atoms with Crippen LogP contribution >= 0.6 is 15.9 Å². The van der Waals surface area contributed by atoms with E-state index in [0.29, 0.717) is 30.9 Å². The van der Waals surface area contributed by atoms with E-state index in [1.807, 2.05) is 6.07 Å². The minimum absolute atomic E-state index is 0.171. The normalized spacial score (nSPS) is 11.0. The molecule has 3 aromatic rings. The molecule has 0 saturated carbocycles. The lowest BCUT2D eigenvalue weighted by Gasteiger charge is -2.03. The third-order valence-corrected chi connectivity index (χ3v) is 3.67. The van der Waals surface area contributed by atoms with Crippen LogP contribution in [0.1, 0.15) is 16.9 Å². The van der Waals surface area contributed by atoms with E-state index in [1.165, 1.54) is 9.08 Å². The van der Waals surface area contributed by atoms with Gasteiger partial charge in [-0.1, -0.05) is 6.07 Å². The zero-order valence-corrected chi connectivity index (χ0v) is 13.2. The van der Waals surface area contributed by atoms with E-state index in [2.05, 4.69) is 31.3 Å². The standard InChI is InChI=1S/C14H14BrN5O2/c15-10-8-11(17-9-10)13(21)16-5-3-7-20-14(22)19-6-2-1-4-12(19)18-20/h1-2,4,6,8-9,17H,3,5,7H2,(H,16,21). The Labute approximate surface area is 134 Å². The van der Waals surface area contributed by atoms with Crippen molar-refractivity contribution in [2.45, 2.75) is 13.0 Å². The Bertz CT molecular complexity index is 863. The Morgan fingerprint density at radius 3 is 3.00 bits per heavy atom. The van der Waals surface area contributed by atoms with E-state index < -0.39 is 0 Å². The molecule has 0 spiro atoms. The first kappa shape index (κ1) is 14.6. The number of H-pyrrole nitrogens is 1. The molecule has 3 rings (SSSR count). The molecule has 22 heavy (non-hydrogen) atoms. The number of hydrogen-bond donors (Lipinski definition) is 2. The topological polar surface area (TPSA) is 84.2 Å². The summed E-state index contributed by atoms with van der Waals surface area (Å²) < 4.78 is 3.73. The van der Waals surface area contributed by atoms with Crippen molar-refractivity contribution < 1.29 is 4.79 Å². The highest BCUT2D eigenvalue weighted by Gasteiger charge is 2.08. The van der Waals surface area contributed by atoms with Crippen LogP contribution in [0.4, 0.5) is 0 Å². The number of carbonyl (C=O) groups excluding carboxylic acids is 1. The van der Waals surface area contributed by atoms with E-state index in [4.69, 9.17) is 0 Å². The van der Waals surface area contributed by atoms with Crippen LogP contribution in [0, 0.1) is 0 Å². The van der Waals surface area contributed by atoms with Crippen molar-refractivity contribution in [1.82, 2.24) is 24.5 Å². The van der Waals surface area contributed by atoms with Crippen LogP contribution in [-0.4, -0.2) is 31.6 Å². The smallest absolute Gasteiger partial charge is 0.350 e. The van der Waals surface area contributed by atoms with Crippen LogP contribution in [0.2, 0.25) is 0 Å². The highest BCUT2D eigenvalue weighted by Crippen LogP contribution is 2.10. The third kappa shape index (κ3) is 2.96. The predicted molar refractivity (Wildman–Crippen MR) is 84.9 cm³/mol. The van der Waals surface area contributed by atoms with E-state index in [0.717, 1.165) is 4.47 Å². The maximum Gasteiger partial charge on any atom is 0.350 e. The second kappa shape index (κ2) is 6.18. The van der Waals surface area contributed by atoms with Crippen LogP contribution in [0.3, 0.4) is 0 Å². The molecule has 2 N–H and O–H groups in total. The van der Waals surface area contributed by atoms with E-state index >= 15 is 0 Å². The zero-order valence-electron chi connectivity index (χ0n) is 11.6. The molecule has 0 aliphatic carbocycles. The summed E-state index contributed by atoms with van der Waals surface area (Å²) >= 11 is 3.28. The Morgan fingerprint density at radius 2 is 2.27 bits per heavy atom. The first-order valence-corrected chi connectivity index (χ1v) is 7.61. The molecule has 7 nitrogen and oxygen atoms in total. The largest absolute Gasteiger partial charge is 0.356 e. The Balaban J connectivity index is 1.55. The number of carbonyl (C=O) groups is 1. The zero-order chi connectivity index (χ0) is 15.5. The summed E-state index contributed by atoms with van der Waals surface area (Å²) in [6.07, 6.45) is 4.01. The van der Waals surface area contributed by atoms with Crippen molar-refractivity contribution in [1.29, 1.82) is 0 Å².